The maximum atomic E-state index is 13.3. The smallest absolute Gasteiger partial charge is 0.366 e. The number of carbonyl (C=O) groups excluding carboxylic acids is 1. The highest BCUT2D eigenvalue weighted by molar-refractivity contribution is 5.97. The van der Waals surface area contributed by atoms with Gasteiger partial charge in [0.25, 0.3) is 0 Å². The van der Waals surface area contributed by atoms with Gasteiger partial charge in [0.1, 0.15) is 0 Å². The Bertz CT molecular complexity index is 1390. The zero-order valence-electron chi connectivity index (χ0n) is 21.2. The van der Waals surface area contributed by atoms with E-state index in [2.05, 4.69) is 54.7 Å². The highest BCUT2D eigenvalue weighted by Gasteiger charge is 2.36. The maximum absolute atomic E-state index is 13.3. The molecule has 6 nitrogen and oxygen atoms in total. The van der Waals surface area contributed by atoms with Gasteiger partial charge in [-0.25, -0.2) is 4.79 Å². The van der Waals surface area contributed by atoms with Crippen molar-refractivity contribution in [1.29, 1.82) is 0 Å². The SMILES string of the molecule is CC.CCNCCn1c(=O)n(C)c2c(C(F)(F)F)cc(C(N)=O)cc21.Cc1ccc2ccccc2c1. The number of alkyl halides is 3. The average Bonchev–Trinajstić information content (AvgIpc) is 3.09. The number of halogens is 3. The normalized spacial score (nSPS) is 11.0. The predicted molar refractivity (Wildman–Crippen MR) is 139 cm³/mol. The van der Waals surface area contributed by atoms with Crippen molar-refractivity contribution in [2.75, 3.05) is 13.1 Å². The number of primary amides is 1. The third kappa shape index (κ3) is 6.54. The number of nitrogens with zero attached hydrogens (tertiary/aromatic N) is 2. The van der Waals surface area contributed by atoms with E-state index in [9.17, 15) is 22.8 Å². The molecule has 0 aliphatic rings. The van der Waals surface area contributed by atoms with Gasteiger partial charge in [0.05, 0.1) is 16.6 Å². The lowest BCUT2D eigenvalue weighted by atomic mass is 10.1. The Morgan fingerprint density at radius 2 is 1.67 bits per heavy atom. The largest absolute Gasteiger partial charge is 0.418 e. The molecule has 0 spiro atoms. The Hall–Kier alpha value is -3.59. The van der Waals surface area contributed by atoms with Crippen molar-refractivity contribution in [3.05, 3.63) is 81.8 Å². The van der Waals surface area contributed by atoms with Crippen LogP contribution < -0.4 is 16.7 Å². The van der Waals surface area contributed by atoms with Gasteiger partial charge in [-0.1, -0.05) is 68.8 Å². The molecule has 0 saturated heterocycles. The molecule has 0 saturated carbocycles. The zero-order valence-corrected chi connectivity index (χ0v) is 21.2. The first-order chi connectivity index (χ1) is 17.0. The van der Waals surface area contributed by atoms with Gasteiger partial charge in [-0.15, -0.1) is 0 Å². The number of nitrogens with two attached hydrogens (primary N) is 1. The molecule has 0 aliphatic carbocycles. The first-order valence-corrected chi connectivity index (χ1v) is 11.8. The number of aryl methyl sites for hydroxylation is 2. The first kappa shape index (κ1) is 28.6. The summed E-state index contributed by atoms with van der Waals surface area (Å²) in [7, 11) is 1.27. The Kier molecular flexibility index (Phi) is 9.86. The molecule has 9 heteroatoms. The van der Waals surface area contributed by atoms with Crippen molar-refractivity contribution in [2.24, 2.45) is 12.8 Å². The number of aromatic nitrogens is 2. The minimum absolute atomic E-state index is 0.0408. The van der Waals surface area contributed by atoms with Gasteiger partial charge in [-0.3, -0.25) is 13.9 Å². The van der Waals surface area contributed by atoms with Crippen molar-refractivity contribution in [1.82, 2.24) is 14.5 Å². The van der Waals surface area contributed by atoms with Crippen molar-refractivity contribution in [3.63, 3.8) is 0 Å². The molecule has 0 bridgehead atoms. The number of hydrogen-bond acceptors (Lipinski definition) is 3. The van der Waals surface area contributed by atoms with Crippen LogP contribution in [0.3, 0.4) is 0 Å². The van der Waals surface area contributed by atoms with E-state index < -0.39 is 23.3 Å². The quantitative estimate of drug-likeness (QED) is 0.366. The fourth-order valence-electron chi connectivity index (χ4n) is 3.81. The van der Waals surface area contributed by atoms with Crippen LogP contribution in [-0.2, 0) is 19.8 Å². The van der Waals surface area contributed by atoms with Crippen LogP contribution in [0.1, 0.15) is 42.3 Å². The molecule has 36 heavy (non-hydrogen) atoms. The summed E-state index contributed by atoms with van der Waals surface area (Å²) in [6.45, 7) is 9.26. The van der Waals surface area contributed by atoms with Crippen LogP contribution in [0.4, 0.5) is 13.2 Å². The van der Waals surface area contributed by atoms with Crippen LogP contribution in [0, 0.1) is 6.92 Å². The van der Waals surface area contributed by atoms with E-state index in [4.69, 9.17) is 5.73 Å². The minimum atomic E-state index is -4.71. The zero-order chi connectivity index (χ0) is 27.0. The van der Waals surface area contributed by atoms with E-state index in [0.29, 0.717) is 19.2 Å². The fourth-order valence-corrected chi connectivity index (χ4v) is 3.81. The van der Waals surface area contributed by atoms with Crippen molar-refractivity contribution in [2.45, 2.75) is 40.4 Å². The molecule has 4 rings (SSSR count). The maximum Gasteiger partial charge on any atom is 0.418 e. The van der Waals surface area contributed by atoms with Gasteiger partial charge in [0, 0.05) is 25.7 Å². The van der Waals surface area contributed by atoms with E-state index in [1.807, 2.05) is 20.8 Å². The molecule has 1 aromatic heterocycles. The van der Waals surface area contributed by atoms with Crippen LogP contribution in [0.25, 0.3) is 21.8 Å². The fraction of sp³-hybridized carbons (Fsp3) is 0.333. The third-order valence-corrected chi connectivity index (χ3v) is 5.49. The molecule has 3 N–H and O–H groups in total. The lowest BCUT2D eigenvalue weighted by Crippen LogP contribution is -2.27. The third-order valence-electron chi connectivity index (χ3n) is 5.49. The number of fused-ring (bicyclic) bond motifs is 2. The summed E-state index contributed by atoms with van der Waals surface area (Å²) in [5, 5.41) is 5.64. The number of nitrogens with one attached hydrogen (secondary N) is 1. The first-order valence-electron chi connectivity index (χ1n) is 11.8. The van der Waals surface area contributed by atoms with Crippen molar-refractivity contribution < 1.29 is 18.0 Å². The monoisotopic (exact) mass is 502 g/mol. The number of benzene rings is 3. The van der Waals surface area contributed by atoms with Gasteiger partial charge in [-0.2, -0.15) is 13.2 Å². The van der Waals surface area contributed by atoms with Gasteiger partial charge < -0.3 is 11.1 Å². The van der Waals surface area contributed by atoms with Crippen LogP contribution in [0.5, 0.6) is 0 Å². The van der Waals surface area contributed by atoms with Crippen LogP contribution in [0.15, 0.2) is 59.4 Å². The molecule has 0 fully saturated rings. The predicted octanol–water partition coefficient (Wildman–Crippen LogP) is 5.24. The molecule has 0 atom stereocenters. The Balaban J connectivity index is 0.000000291. The Labute approximate surface area is 208 Å². The number of likely N-dealkylation sites (N-methyl/N-ethyl adjacent to an activating group) is 1. The second-order valence-electron chi connectivity index (χ2n) is 7.95. The lowest BCUT2D eigenvalue weighted by Gasteiger charge is -2.11. The second-order valence-corrected chi connectivity index (χ2v) is 7.95. The highest BCUT2D eigenvalue weighted by Crippen LogP contribution is 2.35. The van der Waals surface area contributed by atoms with E-state index >= 15 is 0 Å². The molecule has 1 heterocycles. The summed E-state index contributed by atoms with van der Waals surface area (Å²) < 4.78 is 42.0. The second kappa shape index (κ2) is 12.4. The Morgan fingerprint density at radius 3 is 2.25 bits per heavy atom. The summed E-state index contributed by atoms with van der Waals surface area (Å²) in [5.41, 5.74) is 4.31. The molecule has 4 aromatic rings. The number of hydrogen-bond donors (Lipinski definition) is 2. The number of carbonyl (C=O) groups is 1. The van der Waals surface area contributed by atoms with E-state index in [1.165, 1.54) is 34.0 Å². The molecular weight excluding hydrogens is 469 g/mol. The van der Waals surface area contributed by atoms with Gasteiger partial charge >= 0.3 is 11.9 Å². The van der Waals surface area contributed by atoms with Gasteiger partial charge in [-0.05, 0) is 36.4 Å². The molecular formula is C27H33F3N4O2. The van der Waals surface area contributed by atoms with E-state index in [0.717, 1.165) is 4.57 Å². The summed E-state index contributed by atoms with van der Waals surface area (Å²) >= 11 is 0. The summed E-state index contributed by atoms with van der Waals surface area (Å²) in [5.74, 6) is -0.980. The van der Waals surface area contributed by atoms with E-state index in [1.54, 1.807) is 0 Å². The molecule has 194 valence electrons. The Morgan fingerprint density at radius 1 is 1.03 bits per heavy atom. The van der Waals surface area contributed by atoms with Crippen LogP contribution in [0.2, 0.25) is 0 Å². The van der Waals surface area contributed by atoms with Crippen molar-refractivity contribution >= 4 is 27.7 Å². The topological polar surface area (TPSA) is 82.1 Å². The summed E-state index contributed by atoms with van der Waals surface area (Å²) in [6, 6.07) is 16.8. The minimum Gasteiger partial charge on any atom is -0.366 e. The molecule has 1 amide bonds. The van der Waals surface area contributed by atoms with Crippen molar-refractivity contribution in [3.8, 4) is 0 Å². The van der Waals surface area contributed by atoms with Gasteiger partial charge in [0.15, 0.2) is 0 Å². The summed E-state index contributed by atoms with van der Waals surface area (Å²) in [4.78, 5) is 23.6. The molecule has 0 unspecified atom stereocenters. The number of imidazole rings is 1. The average molecular weight is 503 g/mol. The number of amides is 1. The molecule has 0 radical (unpaired) electrons. The van der Waals surface area contributed by atoms with Gasteiger partial charge in [0.2, 0.25) is 5.91 Å². The highest BCUT2D eigenvalue weighted by atomic mass is 19.4. The molecule has 3 aromatic carbocycles. The van der Waals surface area contributed by atoms with E-state index in [-0.39, 0.29) is 23.1 Å². The summed E-state index contributed by atoms with van der Waals surface area (Å²) in [6.07, 6.45) is -4.71. The van der Waals surface area contributed by atoms with Crippen LogP contribution >= 0.6 is 0 Å². The number of rotatable bonds is 5. The standard InChI is InChI=1S/C14H17F3N4O2.C11H10.C2H6/c1-3-19-4-5-21-10-7-8(12(18)22)6-9(14(15,16)17)11(10)20(2)13(21)23;1-9-6-7-10-4-2-3-5-11(10)8-9;1-2/h6-7,19H,3-5H2,1-2H3,(H2,18,22);2-8H,1H3;1-2H3. The lowest BCUT2D eigenvalue weighted by molar-refractivity contribution is -0.136. The van der Waals surface area contributed by atoms with Crippen LogP contribution in [-0.4, -0.2) is 28.1 Å². The molecule has 0 aliphatic heterocycles.